The third kappa shape index (κ3) is 3.53. The molecule has 3 aromatic rings. The topological polar surface area (TPSA) is 89.4 Å². The van der Waals surface area contributed by atoms with Gasteiger partial charge in [0.05, 0.1) is 19.0 Å². The van der Waals surface area contributed by atoms with Crippen LogP contribution in [0.2, 0.25) is 0 Å². The summed E-state index contributed by atoms with van der Waals surface area (Å²) in [5.41, 5.74) is 2.86. The number of benzene rings is 1. The third-order valence-corrected chi connectivity index (χ3v) is 5.03. The van der Waals surface area contributed by atoms with E-state index in [4.69, 9.17) is 0 Å². The summed E-state index contributed by atoms with van der Waals surface area (Å²) in [6.07, 6.45) is 5.29. The molecule has 0 radical (unpaired) electrons. The van der Waals surface area contributed by atoms with Crippen molar-refractivity contribution in [2.24, 2.45) is 0 Å². The van der Waals surface area contributed by atoms with Gasteiger partial charge in [-0.1, -0.05) is 0 Å². The monoisotopic (exact) mass is 379 g/mol. The van der Waals surface area contributed by atoms with Crippen molar-refractivity contribution in [2.75, 3.05) is 25.5 Å². The first-order valence-electron chi connectivity index (χ1n) is 9.17. The molecule has 8 nitrogen and oxygen atoms in total. The molecule has 1 aliphatic rings. The first kappa shape index (κ1) is 18.0. The van der Waals surface area contributed by atoms with E-state index in [1.165, 1.54) is 7.11 Å². The normalized spacial score (nSPS) is 14.8. The quantitative estimate of drug-likeness (QED) is 0.707. The fourth-order valence-electron chi connectivity index (χ4n) is 3.49. The Hall–Kier alpha value is -3.42. The first-order valence-corrected chi connectivity index (χ1v) is 9.17. The minimum Gasteiger partial charge on any atom is -0.465 e. The van der Waals surface area contributed by atoms with Gasteiger partial charge in [-0.05, 0) is 49.2 Å². The second-order valence-corrected chi connectivity index (χ2v) is 6.72. The van der Waals surface area contributed by atoms with E-state index in [1.807, 2.05) is 18.5 Å². The second kappa shape index (κ2) is 7.67. The number of aromatic nitrogens is 3. The van der Waals surface area contributed by atoms with E-state index in [9.17, 15) is 9.59 Å². The Morgan fingerprint density at radius 2 is 1.86 bits per heavy atom. The van der Waals surface area contributed by atoms with Crippen LogP contribution in [-0.2, 0) is 4.74 Å². The summed E-state index contributed by atoms with van der Waals surface area (Å²) < 4.78 is 6.78. The Balaban J connectivity index is 1.35. The van der Waals surface area contributed by atoms with Gasteiger partial charge >= 0.3 is 12.0 Å². The maximum atomic E-state index is 12.5. The second-order valence-electron chi connectivity index (χ2n) is 6.72. The molecular formula is C20H21N5O3. The highest BCUT2D eigenvalue weighted by atomic mass is 16.5. The number of anilines is 1. The Labute approximate surface area is 162 Å². The molecule has 2 aromatic heterocycles. The number of nitrogens with one attached hydrogen (secondary N) is 1. The van der Waals surface area contributed by atoms with Crippen LogP contribution in [0.5, 0.6) is 0 Å². The number of fused-ring (bicyclic) bond motifs is 1. The number of likely N-dealkylation sites (tertiary alicyclic amines) is 1. The van der Waals surface area contributed by atoms with Gasteiger partial charge in [0.25, 0.3) is 0 Å². The van der Waals surface area contributed by atoms with Crippen molar-refractivity contribution in [1.29, 1.82) is 0 Å². The largest absolute Gasteiger partial charge is 0.465 e. The van der Waals surface area contributed by atoms with Crippen molar-refractivity contribution < 1.29 is 14.3 Å². The molecule has 28 heavy (non-hydrogen) atoms. The van der Waals surface area contributed by atoms with Gasteiger partial charge in [0.15, 0.2) is 5.65 Å². The molecule has 0 aliphatic carbocycles. The lowest BCUT2D eigenvalue weighted by molar-refractivity contribution is 0.0600. The average Bonchev–Trinajstić information content (AvgIpc) is 3.18. The van der Waals surface area contributed by atoms with E-state index >= 15 is 0 Å². The number of carbonyl (C=O) groups excluding carboxylic acids is 2. The van der Waals surface area contributed by atoms with Crippen LogP contribution in [-0.4, -0.2) is 51.6 Å². The van der Waals surface area contributed by atoms with E-state index in [-0.39, 0.29) is 12.1 Å². The van der Waals surface area contributed by atoms with Gasteiger partial charge in [-0.25, -0.2) is 19.6 Å². The first-order chi connectivity index (χ1) is 13.7. The summed E-state index contributed by atoms with van der Waals surface area (Å²) in [6, 6.07) is 10.6. The van der Waals surface area contributed by atoms with Crippen LogP contribution in [0.1, 0.15) is 29.2 Å². The fraction of sp³-hybridized carbons (Fsp3) is 0.300. The predicted octanol–water partition coefficient (Wildman–Crippen LogP) is 3.09. The Morgan fingerprint density at radius 3 is 2.57 bits per heavy atom. The number of ether oxygens (including phenoxy) is 1. The average molecular weight is 379 g/mol. The van der Waals surface area contributed by atoms with E-state index in [0.29, 0.717) is 24.3 Å². The number of hydrogen-bond donors (Lipinski definition) is 1. The summed E-state index contributed by atoms with van der Waals surface area (Å²) in [5, 5.41) is 2.88. The van der Waals surface area contributed by atoms with Crippen LogP contribution in [0.3, 0.4) is 0 Å². The van der Waals surface area contributed by atoms with Gasteiger partial charge in [0.2, 0.25) is 0 Å². The number of esters is 1. The molecule has 1 aromatic carbocycles. The van der Waals surface area contributed by atoms with Crippen LogP contribution in [0.15, 0.2) is 48.9 Å². The number of carbonyl (C=O) groups is 2. The number of piperidine rings is 1. The van der Waals surface area contributed by atoms with Gasteiger partial charge in [-0.15, -0.1) is 0 Å². The number of amides is 2. The molecule has 2 amide bonds. The number of nitrogens with zero attached hydrogens (tertiary/aromatic N) is 4. The summed E-state index contributed by atoms with van der Waals surface area (Å²) in [6.45, 7) is 1.31. The molecule has 0 unspecified atom stereocenters. The minimum atomic E-state index is -0.401. The maximum absolute atomic E-state index is 12.5. The Kier molecular flexibility index (Phi) is 4.92. The number of methoxy groups -OCH3 is 1. The summed E-state index contributed by atoms with van der Waals surface area (Å²) in [4.78, 5) is 34.6. The van der Waals surface area contributed by atoms with Crippen LogP contribution in [0.4, 0.5) is 10.5 Å². The van der Waals surface area contributed by atoms with Gasteiger partial charge in [-0.2, -0.15) is 0 Å². The van der Waals surface area contributed by atoms with Crippen molar-refractivity contribution in [3.63, 3.8) is 0 Å². The molecule has 0 saturated carbocycles. The SMILES string of the molecule is COC(=O)c1ccc(NC(=O)N2CCC(n3cnc4cccnc43)CC2)cc1. The standard InChI is InChI=1S/C20H21N5O3/c1-28-19(26)14-4-6-15(7-5-14)23-20(27)24-11-8-16(9-12-24)25-13-22-17-3-2-10-21-18(17)25/h2-7,10,13,16H,8-9,11-12H2,1H3,(H,23,27). The van der Waals surface area contributed by atoms with Crippen molar-refractivity contribution in [1.82, 2.24) is 19.4 Å². The lowest BCUT2D eigenvalue weighted by atomic mass is 10.1. The molecule has 1 fully saturated rings. The molecule has 0 bridgehead atoms. The zero-order valence-corrected chi connectivity index (χ0v) is 15.5. The van der Waals surface area contributed by atoms with Gasteiger partial charge in [0.1, 0.15) is 5.52 Å². The van der Waals surface area contributed by atoms with Crippen molar-refractivity contribution in [2.45, 2.75) is 18.9 Å². The number of hydrogen-bond acceptors (Lipinski definition) is 5. The lowest BCUT2D eigenvalue weighted by Gasteiger charge is -2.32. The predicted molar refractivity (Wildman–Crippen MR) is 104 cm³/mol. The van der Waals surface area contributed by atoms with Crippen molar-refractivity contribution in [3.05, 3.63) is 54.5 Å². The summed E-state index contributed by atoms with van der Waals surface area (Å²) >= 11 is 0. The molecule has 0 atom stereocenters. The molecule has 1 saturated heterocycles. The van der Waals surface area contributed by atoms with Gasteiger partial charge in [-0.3, -0.25) is 0 Å². The third-order valence-electron chi connectivity index (χ3n) is 5.03. The van der Waals surface area contributed by atoms with Gasteiger partial charge < -0.3 is 19.5 Å². The molecular weight excluding hydrogens is 358 g/mol. The number of imidazole rings is 1. The van der Waals surface area contributed by atoms with Crippen molar-refractivity contribution >= 4 is 28.9 Å². The molecule has 1 N–H and O–H groups in total. The zero-order valence-electron chi connectivity index (χ0n) is 15.5. The van der Waals surface area contributed by atoms with E-state index in [1.54, 1.807) is 35.4 Å². The molecule has 144 valence electrons. The van der Waals surface area contributed by atoms with Crippen LogP contribution < -0.4 is 5.32 Å². The van der Waals surface area contributed by atoms with E-state index in [0.717, 1.165) is 24.0 Å². The van der Waals surface area contributed by atoms with E-state index in [2.05, 4.69) is 24.6 Å². The van der Waals surface area contributed by atoms with Crippen LogP contribution >= 0.6 is 0 Å². The smallest absolute Gasteiger partial charge is 0.337 e. The zero-order chi connectivity index (χ0) is 19.5. The Morgan fingerprint density at radius 1 is 1.11 bits per heavy atom. The van der Waals surface area contributed by atoms with Gasteiger partial charge in [0, 0.05) is 31.0 Å². The molecule has 4 rings (SSSR count). The maximum Gasteiger partial charge on any atom is 0.337 e. The molecule has 0 spiro atoms. The highest BCUT2D eigenvalue weighted by molar-refractivity contribution is 5.92. The highest BCUT2D eigenvalue weighted by Crippen LogP contribution is 2.26. The fourth-order valence-corrected chi connectivity index (χ4v) is 3.49. The molecule has 8 heteroatoms. The van der Waals surface area contributed by atoms with Crippen LogP contribution in [0, 0.1) is 0 Å². The minimum absolute atomic E-state index is 0.141. The Bertz CT molecular complexity index is 991. The summed E-state index contributed by atoms with van der Waals surface area (Å²) in [7, 11) is 1.34. The van der Waals surface area contributed by atoms with Crippen molar-refractivity contribution in [3.8, 4) is 0 Å². The number of rotatable bonds is 3. The number of pyridine rings is 1. The molecule has 3 heterocycles. The summed E-state index contributed by atoms with van der Waals surface area (Å²) in [5.74, 6) is -0.401. The molecule has 1 aliphatic heterocycles. The highest BCUT2D eigenvalue weighted by Gasteiger charge is 2.25. The van der Waals surface area contributed by atoms with E-state index < -0.39 is 5.97 Å². The number of urea groups is 1. The lowest BCUT2D eigenvalue weighted by Crippen LogP contribution is -2.41. The van der Waals surface area contributed by atoms with Crippen LogP contribution in [0.25, 0.3) is 11.2 Å².